The molecule has 0 fully saturated rings. The number of carbonyl (C=O) groups excluding carboxylic acids is 1. The fourth-order valence-electron chi connectivity index (χ4n) is 1.62. The predicted molar refractivity (Wildman–Crippen MR) is 69.7 cm³/mol. The second-order valence-electron chi connectivity index (χ2n) is 3.95. The molecule has 0 aliphatic rings. The maximum atomic E-state index is 11.9. The lowest BCUT2D eigenvalue weighted by Gasteiger charge is -2.04. The summed E-state index contributed by atoms with van der Waals surface area (Å²) in [7, 11) is 0. The van der Waals surface area contributed by atoms with Crippen molar-refractivity contribution in [1.82, 2.24) is 0 Å². The number of rotatable bonds is 3. The van der Waals surface area contributed by atoms with Gasteiger partial charge in [-0.15, -0.1) is 0 Å². The van der Waals surface area contributed by atoms with E-state index in [-0.39, 0.29) is 29.4 Å². The molecule has 1 aromatic heterocycles. The largest absolute Gasteiger partial charge is 0.504 e. The van der Waals surface area contributed by atoms with Gasteiger partial charge in [0, 0.05) is 6.07 Å². The van der Waals surface area contributed by atoms with Crippen LogP contribution in [0, 0.1) is 0 Å². The first-order chi connectivity index (χ1) is 9.52. The molecule has 0 bridgehead atoms. The highest BCUT2D eigenvalue weighted by atomic mass is 16.5. The molecule has 2 N–H and O–H groups in total. The van der Waals surface area contributed by atoms with Gasteiger partial charge < -0.3 is 19.4 Å². The molecule has 0 atom stereocenters. The molecule has 0 amide bonds. The molecule has 2 rings (SSSR count). The Labute approximate surface area is 113 Å². The molecule has 2 aromatic rings. The first-order valence-corrected chi connectivity index (χ1v) is 5.85. The van der Waals surface area contributed by atoms with Crippen molar-refractivity contribution < 1.29 is 24.2 Å². The van der Waals surface area contributed by atoms with Gasteiger partial charge in [-0.2, -0.15) is 0 Å². The van der Waals surface area contributed by atoms with Crippen molar-refractivity contribution in [3.8, 4) is 22.6 Å². The lowest BCUT2D eigenvalue weighted by molar-refractivity contribution is 0.0487. The third-order valence-corrected chi connectivity index (χ3v) is 2.59. The van der Waals surface area contributed by atoms with Crippen molar-refractivity contribution in [2.45, 2.75) is 6.92 Å². The summed E-state index contributed by atoms with van der Waals surface area (Å²) < 4.78 is 9.78. The van der Waals surface area contributed by atoms with Gasteiger partial charge in [-0.25, -0.2) is 4.79 Å². The molecule has 0 unspecified atom stereocenters. The Morgan fingerprint density at radius 2 is 2.00 bits per heavy atom. The fraction of sp³-hybridized carbons (Fsp3) is 0.143. The maximum absolute atomic E-state index is 11.9. The van der Waals surface area contributed by atoms with Crippen LogP contribution < -0.4 is 5.43 Å². The van der Waals surface area contributed by atoms with Crippen LogP contribution in [0.2, 0.25) is 0 Å². The Hall–Kier alpha value is -2.76. The molecule has 1 heterocycles. The summed E-state index contributed by atoms with van der Waals surface area (Å²) in [6.45, 7) is 1.82. The third-order valence-electron chi connectivity index (χ3n) is 2.59. The number of esters is 1. The first-order valence-electron chi connectivity index (χ1n) is 5.85. The molecule has 104 valence electrons. The van der Waals surface area contributed by atoms with Crippen molar-refractivity contribution in [2.75, 3.05) is 6.61 Å². The van der Waals surface area contributed by atoms with Gasteiger partial charge in [0.25, 0.3) is 0 Å². The van der Waals surface area contributed by atoms with E-state index in [1.54, 1.807) is 6.92 Å². The van der Waals surface area contributed by atoms with Gasteiger partial charge >= 0.3 is 5.97 Å². The summed E-state index contributed by atoms with van der Waals surface area (Å²) in [6, 6.07) is 4.96. The van der Waals surface area contributed by atoms with E-state index in [4.69, 9.17) is 9.15 Å². The zero-order chi connectivity index (χ0) is 14.7. The molecule has 0 aliphatic heterocycles. The molecule has 0 spiro atoms. The van der Waals surface area contributed by atoms with Crippen molar-refractivity contribution in [3.63, 3.8) is 0 Å². The lowest BCUT2D eigenvalue weighted by atomic mass is 10.1. The smallest absolute Gasteiger partial charge is 0.374 e. The minimum absolute atomic E-state index is 0.161. The highest BCUT2D eigenvalue weighted by molar-refractivity contribution is 5.86. The number of phenols is 2. The summed E-state index contributed by atoms with van der Waals surface area (Å²) in [4.78, 5) is 23.3. The lowest BCUT2D eigenvalue weighted by Crippen LogP contribution is -2.10. The SMILES string of the molecule is CCOC(=O)c1cc(=O)c(-c2ccc(O)c(O)c2)co1. The number of hydrogen-bond donors (Lipinski definition) is 2. The number of carbonyl (C=O) groups is 1. The second-order valence-corrected chi connectivity index (χ2v) is 3.95. The summed E-state index contributed by atoms with van der Waals surface area (Å²) in [6.07, 6.45) is 1.11. The van der Waals surface area contributed by atoms with Crippen molar-refractivity contribution in [2.24, 2.45) is 0 Å². The van der Waals surface area contributed by atoms with Gasteiger partial charge in [0.2, 0.25) is 5.76 Å². The van der Waals surface area contributed by atoms with Crippen LogP contribution in [-0.4, -0.2) is 22.8 Å². The van der Waals surface area contributed by atoms with E-state index in [2.05, 4.69) is 0 Å². The fourth-order valence-corrected chi connectivity index (χ4v) is 1.62. The number of ether oxygens (including phenoxy) is 1. The van der Waals surface area contributed by atoms with Crippen LogP contribution in [-0.2, 0) is 4.74 Å². The monoisotopic (exact) mass is 276 g/mol. The van der Waals surface area contributed by atoms with E-state index >= 15 is 0 Å². The second kappa shape index (κ2) is 5.48. The highest BCUT2D eigenvalue weighted by Gasteiger charge is 2.14. The number of hydrogen-bond acceptors (Lipinski definition) is 6. The quantitative estimate of drug-likeness (QED) is 0.656. The van der Waals surface area contributed by atoms with Gasteiger partial charge in [0.05, 0.1) is 12.2 Å². The van der Waals surface area contributed by atoms with Crippen molar-refractivity contribution in [1.29, 1.82) is 0 Å². The van der Waals surface area contributed by atoms with Crippen LogP contribution in [0.25, 0.3) is 11.1 Å². The van der Waals surface area contributed by atoms with Crippen molar-refractivity contribution >= 4 is 5.97 Å². The Morgan fingerprint density at radius 3 is 2.60 bits per heavy atom. The van der Waals surface area contributed by atoms with Gasteiger partial charge in [-0.3, -0.25) is 4.79 Å². The average Bonchev–Trinajstić information content (AvgIpc) is 2.42. The molecule has 0 aliphatic carbocycles. The zero-order valence-corrected chi connectivity index (χ0v) is 10.6. The predicted octanol–water partition coefficient (Wildman–Crippen LogP) is 1.89. The standard InChI is InChI=1S/C14H12O6/c1-2-19-14(18)13-6-11(16)9(7-20-13)8-3-4-10(15)12(17)5-8/h3-7,15,17H,2H2,1H3. The normalized spacial score (nSPS) is 10.2. The summed E-state index contributed by atoms with van der Waals surface area (Å²) in [5, 5.41) is 18.6. The summed E-state index contributed by atoms with van der Waals surface area (Å²) in [5.41, 5.74) is 0.0715. The highest BCUT2D eigenvalue weighted by Crippen LogP contribution is 2.29. The maximum Gasteiger partial charge on any atom is 0.374 e. The van der Waals surface area contributed by atoms with Crippen LogP contribution in [0.4, 0.5) is 0 Å². The molecule has 0 radical (unpaired) electrons. The Morgan fingerprint density at radius 1 is 1.25 bits per heavy atom. The van der Waals surface area contributed by atoms with Gasteiger partial charge in [0.15, 0.2) is 16.9 Å². The van der Waals surface area contributed by atoms with Crippen LogP contribution in [0.15, 0.2) is 39.7 Å². The minimum atomic E-state index is -0.718. The molecular formula is C14H12O6. The van der Waals surface area contributed by atoms with Crippen LogP contribution in [0.5, 0.6) is 11.5 Å². The molecule has 20 heavy (non-hydrogen) atoms. The van der Waals surface area contributed by atoms with Crippen LogP contribution in [0.3, 0.4) is 0 Å². The summed E-state index contributed by atoms with van der Waals surface area (Å²) >= 11 is 0. The van der Waals surface area contributed by atoms with Crippen LogP contribution >= 0.6 is 0 Å². The number of phenolic OH excluding ortho intramolecular Hbond substituents is 2. The third kappa shape index (κ3) is 2.64. The van der Waals surface area contributed by atoms with E-state index in [9.17, 15) is 19.8 Å². The molecule has 6 nitrogen and oxygen atoms in total. The van der Waals surface area contributed by atoms with E-state index < -0.39 is 11.4 Å². The number of benzene rings is 1. The van der Waals surface area contributed by atoms with Crippen molar-refractivity contribution in [3.05, 3.63) is 46.5 Å². The minimum Gasteiger partial charge on any atom is -0.504 e. The van der Waals surface area contributed by atoms with E-state index in [0.717, 1.165) is 12.3 Å². The molecule has 0 saturated heterocycles. The summed E-state index contributed by atoms with van der Waals surface area (Å²) in [5.74, 6) is -1.55. The van der Waals surface area contributed by atoms with Gasteiger partial charge in [0.1, 0.15) is 6.26 Å². The number of aromatic hydroxyl groups is 2. The molecule has 0 saturated carbocycles. The van der Waals surface area contributed by atoms with Gasteiger partial charge in [-0.1, -0.05) is 6.07 Å². The molecule has 1 aromatic carbocycles. The average molecular weight is 276 g/mol. The first kappa shape index (κ1) is 13.7. The Kier molecular flexibility index (Phi) is 3.74. The Bertz CT molecular complexity index is 701. The topological polar surface area (TPSA) is 97.0 Å². The molecule has 6 heteroatoms. The van der Waals surface area contributed by atoms with Crippen LogP contribution in [0.1, 0.15) is 17.5 Å². The Balaban J connectivity index is 2.41. The molecular weight excluding hydrogens is 264 g/mol. The van der Waals surface area contributed by atoms with Gasteiger partial charge in [-0.05, 0) is 24.6 Å². The van der Waals surface area contributed by atoms with E-state index in [1.165, 1.54) is 18.2 Å². The van der Waals surface area contributed by atoms with E-state index in [0.29, 0.717) is 5.56 Å². The zero-order valence-electron chi connectivity index (χ0n) is 10.6. The van der Waals surface area contributed by atoms with E-state index in [1.807, 2.05) is 0 Å².